The topological polar surface area (TPSA) is 75.4 Å². The zero-order valence-electron chi connectivity index (χ0n) is 13.1. The molecular weight excluding hydrogens is 343 g/mol. The first kappa shape index (κ1) is 17.1. The molecule has 1 aromatic carbocycles. The van der Waals surface area contributed by atoms with Gasteiger partial charge < -0.3 is 14.9 Å². The molecule has 0 saturated carbocycles. The van der Waals surface area contributed by atoms with Gasteiger partial charge in [-0.15, -0.1) is 11.3 Å². The Morgan fingerprint density at radius 3 is 2.84 bits per heavy atom. The second kappa shape index (κ2) is 7.87. The van der Waals surface area contributed by atoms with Gasteiger partial charge in [-0.3, -0.25) is 4.79 Å². The highest BCUT2D eigenvalue weighted by atomic mass is 32.1. The molecule has 7 heteroatoms. The van der Waals surface area contributed by atoms with Crippen LogP contribution in [0.4, 0.5) is 4.39 Å². The largest absolute Gasteiger partial charge is 0.392 e. The van der Waals surface area contributed by atoms with Crippen LogP contribution >= 0.6 is 11.3 Å². The maximum Gasteiger partial charge on any atom is 0.244 e. The van der Waals surface area contributed by atoms with Crippen LogP contribution in [0.2, 0.25) is 0 Å². The van der Waals surface area contributed by atoms with Gasteiger partial charge in [0, 0.05) is 22.6 Å². The van der Waals surface area contributed by atoms with E-state index >= 15 is 0 Å². The molecular formula is C18H15FN2O3S. The van der Waals surface area contributed by atoms with Gasteiger partial charge in [-0.1, -0.05) is 5.16 Å². The lowest BCUT2D eigenvalue weighted by Gasteiger charge is -1.97. The van der Waals surface area contributed by atoms with Gasteiger partial charge in [-0.05, 0) is 47.4 Å². The van der Waals surface area contributed by atoms with Crippen molar-refractivity contribution in [3.8, 4) is 11.3 Å². The number of hydrogen-bond acceptors (Lipinski definition) is 5. The van der Waals surface area contributed by atoms with Gasteiger partial charge >= 0.3 is 0 Å². The number of aliphatic hydroxyl groups excluding tert-OH is 1. The summed E-state index contributed by atoms with van der Waals surface area (Å²) >= 11 is 1.45. The second-order valence-electron chi connectivity index (χ2n) is 5.25. The number of nitrogens with one attached hydrogen (secondary N) is 1. The van der Waals surface area contributed by atoms with Crippen molar-refractivity contribution >= 4 is 23.3 Å². The summed E-state index contributed by atoms with van der Waals surface area (Å²) in [6.45, 7) is 0.183. The number of nitrogens with zero attached hydrogens (tertiary/aromatic N) is 1. The van der Waals surface area contributed by atoms with E-state index in [1.807, 2.05) is 11.4 Å². The summed E-state index contributed by atoms with van der Waals surface area (Å²) in [6, 6.07) is 9.44. The highest BCUT2D eigenvalue weighted by Gasteiger charge is 2.07. The molecule has 0 spiro atoms. The third-order valence-electron chi connectivity index (χ3n) is 3.39. The Balaban J connectivity index is 1.54. The van der Waals surface area contributed by atoms with Crippen molar-refractivity contribution in [1.82, 2.24) is 10.5 Å². The fourth-order valence-corrected chi connectivity index (χ4v) is 2.90. The number of hydrogen-bond donors (Lipinski definition) is 2. The summed E-state index contributed by atoms with van der Waals surface area (Å²) in [7, 11) is 0. The molecule has 0 aliphatic rings. The Hall–Kier alpha value is -2.77. The number of carbonyl (C=O) groups is 1. The number of benzene rings is 1. The molecule has 3 aromatic rings. The maximum absolute atomic E-state index is 12.9. The Kier molecular flexibility index (Phi) is 5.37. The number of rotatable bonds is 6. The third-order valence-corrected chi connectivity index (χ3v) is 4.34. The van der Waals surface area contributed by atoms with E-state index in [1.54, 1.807) is 24.3 Å². The van der Waals surface area contributed by atoms with E-state index < -0.39 is 0 Å². The smallest absolute Gasteiger partial charge is 0.244 e. The van der Waals surface area contributed by atoms with E-state index in [-0.39, 0.29) is 24.9 Å². The number of aliphatic hydroxyl groups is 1. The Morgan fingerprint density at radius 1 is 1.32 bits per heavy atom. The van der Waals surface area contributed by atoms with Crippen LogP contribution in [0.1, 0.15) is 16.2 Å². The summed E-state index contributed by atoms with van der Waals surface area (Å²) in [5.74, 6) is -0.0817. The van der Waals surface area contributed by atoms with E-state index in [2.05, 4.69) is 10.5 Å². The van der Waals surface area contributed by atoms with Gasteiger partial charge in [0.1, 0.15) is 11.5 Å². The summed E-state index contributed by atoms with van der Waals surface area (Å²) in [4.78, 5) is 12.7. The van der Waals surface area contributed by atoms with Crippen molar-refractivity contribution in [2.24, 2.45) is 0 Å². The second-order valence-corrected chi connectivity index (χ2v) is 6.19. The first-order chi connectivity index (χ1) is 12.1. The normalized spacial score (nSPS) is 11.1. The molecule has 0 aliphatic heterocycles. The predicted octanol–water partition coefficient (Wildman–Crippen LogP) is 3.36. The SMILES string of the molecule is O=C(C=Cc1cc(CO)cs1)NCc1cc(-c2ccc(F)cc2)no1. The van der Waals surface area contributed by atoms with Gasteiger partial charge in [0.25, 0.3) is 0 Å². The molecule has 0 fully saturated rings. The zero-order valence-corrected chi connectivity index (χ0v) is 13.9. The average Bonchev–Trinajstić information content (AvgIpc) is 3.28. The van der Waals surface area contributed by atoms with E-state index in [4.69, 9.17) is 9.63 Å². The average molecular weight is 358 g/mol. The highest BCUT2D eigenvalue weighted by molar-refractivity contribution is 7.11. The summed E-state index contributed by atoms with van der Waals surface area (Å²) < 4.78 is 18.1. The van der Waals surface area contributed by atoms with Gasteiger partial charge in [0.05, 0.1) is 13.2 Å². The molecule has 0 saturated heterocycles. The number of halogens is 1. The minimum absolute atomic E-state index is 0.0155. The first-order valence-corrected chi connectivity index (χ1v) is 8.38. The fraction of sp³-hybridized carbons (Fsp3) is 0.111. The van der Waals surface area contributed by atoms with Crippen molar-refractivity contribution in [3.63, 3.8) is 0 Å². The molecule has 128 valence electrons. The third kappa shape index (κ3) is 4.62. The minimum Gasteiger partial charge on any atom is -0.392 e. The van der Waals surface area contributed by atoms with Gasteiger partial charge in [0.15, 0.2) is 5.76 Å². The lowest BCUT2D eigenvalue weighted by Crippen LogP contribution is -2.19. The van der Waals surface area contributed by atoms with E-state index in [0.717, 1.165) is 16.0 Å². The van der Waals surface area contributed by atoms with Crippen LogP contribution in [0.25, 0.3) is 17.3 Å². The van der Waals surface area contributed by atoms with Crippen LogP contribution in [-0.2, 0) is 17.9 Å². The van der Waals surface area contributed by atoms with Crippen LogP contribution in [0.3, 0.4) is 0 Å². The zero-order chi connectivity index (χ0) is 17.6. The van der Waals surface area contributed by atoms with Crippen molar-refractivity contribution < 1.29 is 18.8 Å². The Labute approximate surface area is 147 Å². The molecule has 0 radical (unpaired) electrons. The number of aromatic nitrogens is 1. The van der Waals surface area contributed by atoms with Crippen molar-refractivity contribution in [3.05, 3.63) is 69.9 Å². The number of thiophene rings is 1. The number of carbonyl (C=O) groups excluding carboxylic acids is 1. The number of amides is 1. The molecule has 0 unspecified atom stereocenters. The fourth-order valence-electron chi connectivity index (χ4n) is 2.11. The maximum atomic E-state index is 12.9. The summed E-state index contributed by atoms with van der Waals surface area (Å²) in [5.41, 5.74) is 2.13. The monoisotopic (exact) mass is 358 g/mol. The Bertz CT molecular complexity index is 884. The van der Waals surface area contributed by atoms with Crippen LogP contribution in [0.15, 0.2) is 52.4 Å². The minimum atomic E-state index is -0.316. The van der Waals surface area contributed by atoms with E-state index in [1.165, 1.54) is 29.5 Å². The molecule has 2 N–H and O–H groups in total. The summed E-state index contributed by atoms with van der Waals surface area (Å²) in [6.07, 6.45) is 3.10. The van der Waals surface area contributed by atoms with E-state index in [9.17, 15) is 9.18 Å². The molecule has 25 heavy (non-hydrogen) atoms. The molecule has 5 nitrogen and oxygen atoms in total. The van der Waals surface area contributed by atoms with Gasteiger partial charge in [-0.25, -0.2) is 4.39 Å². The predicted molar refractivity (Wildman–Crippen MR) is 93.0 cm³/mol. The van der Waals surface area contributed by atoms with Crippen molar-refractivity contribution in [1.29, 1.82) is 0 Å². The highest BCUT2D eigenvalue weighted by Crippen LogP contribution is 2.19. The van der Waals surface area contributed by atoms with Gasteiger partial charge in [-0.2, -0.15) is 0 Å². The molecule has 0 atom stereocenters. The van der Waals surface area contributed by atoms with Crippen molar-refractivity contribution in [2.75, 3.05) is 0 Å². The molecule has 1 amide bonds. The van der Waals surface area contributed by atoms with E-state index in [0.29, 0.717) is 11.5 Å². The van der Waals surface area contributed by atoms with Crippen LogP contribution in [0.5, 0.6) is 0 Å². The first-order valence-electron chi connectivity index (χ1n) is 7.50. The lowest BCUT2D eigenvalue weighted by molar-refractivity contribution is -0.116. The standard InChI is InChI=1S/C18H15FN2O3S/c19-14-3-1-13(2-4-14)17-8-15(24-21-17)9-20-18(23)6-5-16-7-12(10-22)11-25-16/h1-8,11,22H,9-10H2,(H,20,23). The van der Waals surface area contributed by atoms with Crippen molar-refractivity contribution in [2.45, 2.75) is 13.2 Å². The van der Waals surface area contributed by atoms with Crippen LogP contribution < -0.4 is 5.32 Å². The molecule has 0 bridgehead atoms. The Morgan fingerprint density at radius 2 is 2.12 bits per heavy atom. The quantitative estimate of drug-likeness (QED) is 0.663. The molecule has 2 heterocycles. The molecule has 2 aromatic heterocycles. The lowest BCUT2D eigenvalue weighted by atomic mass is 10.1. The van der Waals surface area contributed by atoms with Crippen LogP contribution in [-0.4, -0.2) is 16.2 Å². The van der Waals surface area contributed by atoms with Crippen LogP contribution in [0, 0.1) is 5.82 Å². The van der Waals surface area contributed by atoms with Gasteiger partial charge in [0.2, 0.25) is 5.91 Å². The molecule has 0 aliphatic carbocycles. The molecule has 3 rings (SSSR count). The summed E-state index contributed by atoms with van der Waals surface area (Å²) in [5, 5.41) is 17.5.